The quantitative estimate of drug-likeness (QED) is 0.897. The van der Waals surface area contributed by atoms with Crippen LogP contribution >= 0.6 is 15.9 Å². The third-order valence-electron chi connectivity index (χ3n) is 3.38. The second-order valence-corrected chi connectivity index (χ2v) is 5.51. The molecule has 2 rings (SSSR count). The van der Waals surface area contributed by atoms with E-state index in [2.05, 4.69) is 21.0 Å². The number of hydrogen-bond acceptors (Lipinski definition) is 2. The fourth-order valence-corrected chi connectivity index (χ4v) is 2.94. The van der Waals surface area contributed by atoms with Gasteiger partial charge in [0.25, 0.3) is 0 Å². The average molecular weight is 272 g/mol. The lowest BCUT2D eigenvalue weighted by Crippen LogP contribution is -2.39. The molecule has 0 aliphatic heterocycles. The number of aromatic nitrogens is 2. The Bertz CT molecular complexity index is 364. The van der Waals surface area contributed by atoms with Crippen LogP contribution in [-0.4, -0.2) is 15.3 Å². The molecule has 84 valence electrons. The molecule has 4 heteroatoms. The van der Waals surface area contributed by atoms with Crippen molar-refractivity contribution in [3.05, 3.63) is 15.9 Å². The third-order valence-corrected chi connectivity index (χ3v) is 4.41. The van der Waals surface area contributed by atoms with E-state index in [4.69, 9.17) is 5.73 Å². The number of hydrogen-bond donors (Lipinski definition) is 1. The SMILES string of the molecule is Cc1nn(C)c(CC2(N)CCCC2)c1Br. The molecule has 0 unspecified atom stereocenters. The van der Waals surface area contributed by atoms with E-state index in [1.54, 1.807) is 0 Å². The zero-order valence-electron chi connectivity index (χ0n) is 9.39. The van der Waals surface area contributed by atoms with E-state index >= 15 is 0 Å². The molecule has 1 heterocycles. The van der Waals surface area contributed by atoms with Crippen LogP contribution in [-0.2, 0) is 13.5 Å². The van der Waals surface area contributed by atoms with Crippen molar-refractivity contribution in [1.82, 2.24) is 9.78 Å². The fraction of sp³-hybridized carbons (Fsp3) is 0.727. The van der Waals surface area contributed by atoms with Crippen LogP contribution in [0, 0.1) is 6.92 Å². The molecule has 0 atom stereocenters. The van der Waals surface area contributed by atoms with Gasteiger partial charge in [0.1, 0.15) is 0 Å². The molecule has 0 saturated heterocycles. The van der Waals surface area contributed by atoms with Gasteiger partial charge in [-0.25, -0.2) is 0 Å². The summed E-state index contributed by atoms with van der Waals surface area (Å²) in [4.78, 5) is 0. The van der Waals surface area contributed by atoms with Crippen LogP contribution in [0.25, 0.3) is 0 Å². The molecule has 3 nitrogen and oxygen atoms in total. The van der Waals surface area contributed by atoms with E-state index in [1.165, 1.54) is 18.5 Å². The summed E-state index contributed by atoms with van der Waals surface area (Å²) in [7, 11) is 1.99. The van der Waals surface area contributed by atoms with Gasteiger partial charge < -0.3 is 5.73 Å². The highest BCUT2D eigenvalue weighted by Crippen LogP contribution is 2.33. The molecular weight excluding hydrogens is 254 g/mol. The van der Waals surface area contributed by atoms with Gasteiger partial charge in [-0.15, -0.1) is 0 Å². The highest BCUT2D eigenvalue weighted by molar-refractivity contribution is 9.10. The minimum atomic E-state index is 0.00273. The summed E-state index contributed by atoms with van der Waals surface area (Å²) in [5.74, 6) is 0. The summed E-state index contributed by atoms with van der Waals surface area (Å²) in [5.41, 5.74) is 8.66. The minimum absolute atomic E-state index is 0.00273. The Labute approximate surface area is 99.2 Å². The first kappa shape index (κ1) is 11.1. The monoisotopic (exact) mass is 271 g/mol. The second-order valence-electron chi connectivity index (χ2n) is 4.72. The second kappa shape index (κ2) is 3.91. The molecule has 1 aliphatic carbocycles. The normalized spacial score (nSPS) is 19.7. The maximum absolute atomic E-state index is 6.38. The Kier molecular flexibility index (Phi) is 2.90. The molecule has 1 saturated carbocycles. The van der Waals surface area contributed by atoms with E-state index in [1.807, 2.05) is 18.7 Å². The van der Waals surface area contributed by atoms with Gasteiger partial charge in [-0.05, 0) is 35.7 Å². The molecule has 1 aromatic rings. The van der Waals surface area contributed by atoms with Crippen molar-refractivity contribution in [2.24, 2.45) is 12.8 Å². The maximum Gasteiger partial charge on any atom is 0.0738 e. The van der Waals surface area contributed by atoms with Gasteiger partial charge in [-0.3, -0.25) is 4.68 Å². The molecule has 0 bridgehead atoms. The van der Waals surface area contributed by atoms with Gasteiger partial charge in [0.05, 0.1) is 15.9 Å². The molecular formula is C11H18BrN3. The lowest BCUT2D eigenvalue weighted by molar-refractivity contribution is 0.422. The van der Waals surface area contributed by atoms with Crippen LogP contribution in [0.1, 0.15) is 37.1 Å². The zero-order chi connectivity index (χ0) is 11.1. The Balaban J connectivity index is 2.23. The van der Waals surface area contributed by atoms with Crippen molar-refractivity contribution < 1.29 is 0 Å². The van der Waals surface area contributed by atoms with Gasteiger partial charge >= 0.3 is 0 Å². The smallest absolute Gasteiger partial charge is 0.0738 e. The largest absolute Gasteiger partial charge is 0.325 e. The average Bonchev–Trinajstić information content (AvgIpc) is 2.68. The predicted octanol–water partition coefficient (Wildman–Crippen LogP) is 2.31. The number of nitrogens with zero attached hydrogens (tertiary/aromatic N) is 2. The van der Waals surface area contributed by atoms with Crippen LogP contribution in [0.3, 0.4) is 0 Å². The van der Waals surface area contributed by atoms with E-state index in [-0.39, 0.29) is 5.54 Å². The van der Waals surface area contributed by atoms with Crippen LogP contribution in [0.2, 0.25) is 0 Å². The summed E-state index contributed by atoms with van der Waals surface area (Å²) in [6.07, 6.45) is 5.76. The lowest BCUT2D eigenvalue weighted by Gasteiger charge is -2.23. The van der Waals surface area contributed by atoms with Crippen molar-refractivity contribution in [1.29, 1.82) is 0 Å². The molecule has 0 radical (unpaired) electrons. The van der Waals surface area contributed by atoms with Crippen molar-refractivity contribution in [3.8, 4) is 0 Å². The molecule has 1 aromatic heterocycles. The van der Waals surface area contributed by atoms with Crippen LogP contribution in [0.5, 0.6) is 0 Å². The lowest BCUT2D eigenvalue weighted by atomic mass is 9.93. The first-order chi connectivity index (χ1) is 7.02. The minimum Gasteiger partial charge on any atom is -0.325 e. The van der Waals surface area contributed by atoms with Crippen molar-refractivity contribution in [2.45, 2.75) is 44.6 Å². The van der Waals surface area contributed by atoms with Crippen molar-refractivity contribution >= 4 is 15.9 Å². The summed E-state index contributed by atoms with van der Waals surface area (Å²) < 4.78 is 3.08. The number of aryl methyl sites for hydroxylation is 2. The van der Waals surface area contributed by atoms with Crippen molar-refractivity contribution in [3.63, 3.8) is 0 Å². The first-order valence-electron chi connectivity index (χ1n) is 5.49. The Morgan fingerprint density at radius 2 is 2.07 bits per heavy atom. The molecule has 2 N–H and O–H groups in total. The Morgan fingerprint density at radius 1 is 1.47 bits per heavy atom. The standard InChI is InChI=1S/C11H18BrN3/c1-8-10(12)9(15(2)14-8)7-11(13)5-3-4-6-11/h3-7,13H2,1-2H3. The number of rotatable bonds is 2. The zero-order valence-corrected chi connectivity index (χ0v) is 11.0. The maximum atomic E-state index is 6.38. The summed E-state index contributed by atoms with van der Waals surface area (Å²) in [5, 5.41) is 4.40. The van der Waals surface area contributed by atoms with E-state index < -0.39 is 0 Å². The van der Waals surface area contributed by atoms with Gasteiger partial charge in [0.15, 0.2) is 0 Å². The highest BCUT2D eigenvalue weighted by Gasteiger charge is 2.31. The third kappa shape index (κ3) is 2.11. The van der Waals surface area contributed by atoms with Crippen LogP contribution in [0.4, 0.5) is 0 Å². The molecule has 1 fully saturated rings. The topological polar surface area (TPSA) is 43.8 Å². The summed E-state index contributed by atoms with van der Waals surface area (Å²) in [6.45, 7) is 2.02. The Morgan fingerprint density at radius 3 is 2.53 bits per heavy atom. The Hall–Kier alpha value is -0.350. The van der Waals surface area contributed by atoms with E-state index in [0.29, 0.717) is 0 Å². The molecule has 0 spiro atoms. The summed E-state index contributed by atoms with van der Waals surface area (Å²) in [6, 6.07) is 0. The van der Waals surface area contributed by atoms with Gasteiger partial charge in [0.2, 0.25) is 0 Å². The van der Waals surface area contributed by atoms with Gasteiger partial charge in [-0.2, -0.15) is 5.10 Å². The molecule has 0 amide bonds. The molecule has 15 heavy (non-hydrogen) atoms. The predicted molar refractivity (Wildman–Crippen MR) is 64.7 cm³/mol. The van der Waals surface area contributed by atoms with E-state index in [9.17, 15) is 0 Å². The van der Waals surface area contributed by atoms with Crippen LogP contribution < -0.4 is 5.73 Å². The summed E-state index contributed by atoms with van der Waals surface area (Å²) >= 11 is 3.59. The number of nitrogens with two attached hydrogens (primary N) is 1. The first-order valence-corrected chi connectivity index (χ1v) is 6.28. The fourth-order valence-electron chi connectivity index (χ4n) is 2.46. The number of halogens is 1. The highest BCUT2D eigenvalue weighted by atomic mass is 79.9. The molecule has 0 aromatic carbocycles. The van der Waals surface area contributed by atoms with Gasteiger partial charge in [0, 0.05) is 19.0 Å². The van der Waals surface area contributed by atoms with E-state index in [0.717, 1.165) is 29.4 Å². The molecule has 1 aliphatic rings. The van der Waals surface area contributed by atoms with Gasteiger partial charge in [-0.1, -0.05) is 12.8 Å². The van der Waals surface area contributed by atoms with Crippen LogP contribution in [0.15, 0.2) is 4.47 Å². The van der Waals surface area contributed by atoms with Crippen molar-refractivity contribution in [2.75, 3.05) is 0 Å².